The highest BCUT2D eigenvalue weighted by Gasteiger charge is 2.28. The van der Waals surface area contributed by atoms with Gasteiger partial charge in [0.05, 0.1) is 18.6 Å². The summed E-state index contributed by atoms with van der Waals surface area (Å²) in [7, 11) is 3.06. The molecule has 2 aromatic rings. The largest absolute Gasteiger partial charge is 0.497 e. The molecule has 2 rings (SSSR count). The van der Waals surface area contributed by atoms with Crippen molar-refractivity contribution in [2.45, 2.75) is 6.92 Å². The Balaban J connectivity index is 1.90. The number of nitrogens with one attached hydrogen (secondary N) is 1. The number of methoxy groups -OCH3 is 1. The molecule has 24 heavy (non-hydrogen) atoms. The van der Waals surface area contributed by atoms with Crippen LogP contribution >= 0.6 is 0 Å². The molecule has 9 nitrogen and oxygen atoms in total. The van der Waals surface area contributed by atoms with Crippen LogP contribution in [0.15, 0.2) is 24.3 Å². The molecule has 1 N–H and O–H groups in total. The van der Waals surface area contributed by atoms with E-state index in [0.717, 1.165) is 5.75 Å². The van der Waals surface area contributed by atoms with E-state index in [0.29, 0.717) is 5.75 Å². The maximum absolute atomic E-state index is 12.2. The van der Waals surface area contributed by atoms with Crippen molar-refractivity contribution < 1.29 is 19.2 Å². The van der Waals surface area contributed by atoms with Gasteiger partial charge in [-0.1, -0.05) is 0 Å². The standard InChI is InChI=1S/C15H18N4O5/c1-10-13(19(21)22)14(18(2)17-10)15(20)16-8-9-24-12-6-4-11(23-3)5-7-12/h4-7H,8-9H2,1-3H3,(H,16,20). The normalized spacial score (nSPS) is 10.3. The Morgan fingerprint density at radius 1 is 1.33 bits per heavy atom. The Hall–Kier alpha value is -3.10. The predicted molar refractivity (Wildman–Crippen MR) is 85.4 cm³/mol. The molecule has 0 saturated carbocycles. The van der Waals surface area contributed by atoms with Crippen molar-refractivity contribution >= 4 is 11.6 Å². The van der Waals surface area contributed by atoms with Gasteiger partial charge in [0.25, 0.3) is 5.91 Å². The zero-order chi connectivity index (χ0) is 17.7. The van der Waals surface area contributed by atoms with E-state index in [1.54, 1.807) is 31.4 Å². The molecular weight excluding hydrogens is 316 g/mol. The van der Waals surface area contributed by atoms with E-state index in [1.807, 2.05) is 0 Å². The molecule has 0 aliphatic carbocycles. The van der Waals surface area contributed by atoms with Crippen LogP contribution in [-0.2, 0) is 7.05 Å². The van der Waals surface area contributed by atoms with Gasteiger partial charge >= 0.3 is 5.69 Å². The summed E-state index contributed by atoms with van der Waals surface area (Å²) in [5, 5.41) is 17.6. The smallest absolute Gasteiger partial charge is 0.322 e. The molecule has 0 spiro atoms. The summed E-state index contributed by atoms with van der Waals surface area (Å²) in [5.74, 6) is 0.782. The molecule has 9 heteroatoms. The summed E-state index contributed by atoms with van der Waals surface area (Å²) in [6.45, 7) is 1.91. The molecule has 128 valence electrons. The summed E-state index contributed by atoms with van der Waals surface area (Å²) in [4.78, 5) is 22.6. The summed E-state index contributed by atoms with van der Waals surface area (Å²) >= 11 is 0. The first kappa shape index (κ1) is 17.3. The number of hydrogen-bond donors (Lipinski definition) is 1. The number of nitro groups is 1. The fourth-order valence-electron chi connectivity index (χ4n) is 2.21. The van der Waals surface area contributed by atoms with Gasteiger partial charge in [-0.2, -0.15) is 5.10 Å². The van der Waals surface area contributed by atoms with Crippen molar-refractivity contribution in [3.8, 4) is 11.5 Å². The number of aromatic nitrogens is 2. The van der Waals surface area contributed by atoms with Gasteiger partial charge in [0.2, 0.25) is 5.69 Å². The van der Waals surface area contributed by atoms with Crippen molar-refractivity contribution in [1.82, 2.24) is 15.1 Å². The van der Waals surface area contributed by atoms with E-state index in [1.165, 1.54) is 18.7 Å². The van der Waals surface area contributed by atoms with Crippen molar-refractivity contribution in [2.24, 2.45) is 7.05 Å². The molecule has 0 atom stereocenters. The number of ether oxygens (including phenoxy) is 2. The summed E-state index contributed by atoms with van der Waals surface area (Å²) in [5.41, 5.74) is -0.171. The zero-order valence-corrected chi connectivity index (χ0v) is 13.6. The number of rotatable bonds is 7. The molecule has 0 fully saturated rings. The van der Waals surface area contributed by atoms with E-state index >= 15 is 0 Å². The van der Waals surface area contributed by atoms with Crippen LogP contribution in [0.3, 0.4) is 0 Å². The van der Waals surface area contributed by atoms with E-state index < -0.39 is 10.8 Å². The second kappa shape index (κ2) is 7.44. The Labute approximate surface area is 138 Å². The lowest BCUT2D eigenvalue weighted by Crippen LogP contribution is -2.30. The number of carbonyl (C=O) groups excluding carboxylic acids is 1. The Morgan fingerprint density at radius 3 is 2.54 bits per heavy atom. The topological polar surface area (TPSA) is 109 Å². The van der Waals surface area contributed by atoms with Crippen LogP contribution in [0.1, 0.15) is 16.2 Å². The average molecular weight is 334 g/mol. The first-order valence-corrected chi connectivity index (χ1v) is 7.17. The lowest BCUT2D eigenvalue weighted by atomic mass is 10.3. The minimum atomic E-state index is -0.606. The third-order valence-electron chi connectivity index (χ3n) is 3.30. The quantitative estimate of drug-likeness (QED) is 0.466. The highest BCUT2D eigenvalue weighted by atomic mass is 16.6. The Morgan fingerprint density at radius 2 is 1.96 bits per heavy atom. The minimum Gasteiger partial charge on any atom is -0.497 e. The van der Waals surface area contributed by atoms with Crippen molar-refractivity contribution in [2.75, 3.05) is 20.3 Å². The van der Waals surface area contributed by atoms with Crippen LogP contribution in [0.25, 0.3) is 0 Å². The maximum Gasteiger partial charge on any atom is 0.322 e. The van der Waals surface area contributed by atoms with Gasteiger partial charge in [-0.3, -0.25) is 19.6 Å². The molecule has 0 aliphatic heterocycles. The number of benzene rings is 1. The van der Waals surface area contributed by atoms with E-state index in [9.17, 15) is 14.9 Å². The lowest BCUT2D eigenvalue weighted by Gasteiger charge is -2.08. The van der Waals surface area contributed by atoms with Gasteiger partial charge in [0.15, 0.2) is 0 Å². The van der Waals surface area contributed by atoms with Crippen LogP contribution in [0.5, 0.6) is 11.5 Å². The Bertz CT molecular complexity index is 739. The van der Waals surface area contributed by atoms with Crippen LogP contribution in [0.2, 0.25) is 0 Å². The van der Waals surface area contributed by atoms with Crippen LogP contribution in [0.4, 0.5) is 5.69 Å². The van der Waals surface area contributed by atoms with Crippen molar-refractivity contribution in [1.29, 1.82) is 0 Å². The molecular formula is C15H18N4O5. The van der Waals surface area contributed by atoms with Crippen LogP contribution < -0.4 is 14.8 Å². The molecule has 0 aliphatic rings. The van der Waals surface area contributed by atoms with Gasteiger partial charge < -0.3 is 14.8 Å². The monoisotopic (exact) mass is 334 g/mol. The predicted octanol–water partition coefficient (Wildman–Crippen LogP) is 1.45. The highest BCUT2D eigenvalue weighted by Crippen LogP contribution is 2.22. The van der Waals surface area contributed by atoms with Gasteiger partial charge in [0.1, 0.15) is 23.8 Å². The fraction of sp³-hybridized carbons (Fsp3) is 0.333. The van der Waals surface area contributed by atoms with Crippen molar-refractivity contribution in [3.05, 3.63) is 45.8 Å². The lowest BCUT2D eigenvalue weighted by molar-refractivity contribution is -0.385. The maximum atomic E-state index is 12.2. The first-order valence-electron chi connectivity index (χ1n) is 7.17. The average Bonchev–Trinajstić information content (AvgIpc) is 2.86. The molecule has 0 radical (unpaired) electrons. The summed E-state index contributed by atoms with van der Waals surface area (Å²) < 4.78 is 11.7. The second-order valence-electron chi connectivity index (χ2n) is 4.94. The molecule has 1 aromatic carbocycles. The molecule has 1 amide bonds. The number of aryl methyl sites for hydroxylation is 2. The van der Waals surface area contributed by atoms with Gasteiger partial charge in [0, 0.05) is 7.05 Å². The van der Waals surface area contributed by atoms with Gasteiger partial charge in [-0.25, -0.2) is 0 Å². The third kappa shape index (κ3) is 3.80. The number of hydrogen-bond acceptors (Lipinski definition) is 6. The minimum absolute atomic E-state index is 0.0815. The van der Waals surface area contributed by atoms with Crippen molar-refractivity contribution in [3.63, 3.8) is 0 Å². The number of nitrogens with zero attached hydrogens (tertiary/aromatic N) is 3. The summed E-state index contributed by atoms with van der Waals surface area (Å²) in [6.07, 6.45) is 0. The Kier molecular flexibility index (Phi) is 5.35. The molecule has 0 unspecified atom stereocenters. The van der Waals surface area contributed by atoms with E-state index in [4.69, 9.17) is 9.47 Å². The molecule has 0 saturated heterocycles. The second-order valence-corrected chi connectivity index (χ2v) is 4.94. The number of carbonyl (C=O) groups is 1. The van der Waals surface area contributed by atoms with Gasteiger partial charge in [-0.05, 0) is 31.2 Å². The fourth-order valence-corrected chi connectivity index (χ4v) is 2.21. The molecule has 1 heterocycles. The molecule has 1 aromatic heterocycles. The number of amides is 1. The summed E-state index contributed by atoms with van der Waals surface area (Å²) in [6, 6.07) is 7.01. The third-order valence-corrected chi connectivity index (χ3v) is 3.30. The SMILES string of the molecule is COc1ccc(OCCNC(=O)c2c([N+](=O)[O-])c(C)nn2C)cc1. The van der Waals surface area contributed by atoms with Gasteiger partial charge in [-0.15, -0.1) is 0 Å². The van der Waals surface area contributed by atoms with Crippen LogP contribution in [0, 0.1) is 17.0 Å². The highest BCUT2D eigenvalue weighted by molar-refractivity contribution is 5.96. The van der Waals surface area contributed by atoms with E-state index in [-0.39, 0.29) is 30.2 Å². The zero-order valence-electron chi connectivity index (χ0n) is 13.6. The first-order chi connectivity index (χ1) is 11.4. The van der Waals surface area contributed by atoms with Crippen LogP contribution in [-0.4, -0.2) is 40.9 Å². The van der Waals surface area contributed by atoms with E-state index in [2.05, 4.69) is 10.4 Å². The molecule has 0 bridgehead atoms.